The molecule has 82 valence electrons. The number of hydrogen-bond acceptors (Lipinski definition) is 2. The Morgan fingerprint density at radius 2 is 1.93 bits per heavy atom. The normalized spacial score (nSPS) is 11.5. The first-order chi connectivity index (χ1) is 7.30. The Morgan fingerprint density at radius 1 is 1.27 bits per heavy atom. The fraction of sp³-hybridized carbons (Fsp3) is 0.417. The zero-order chi connectivity index (χ0) is 11.1. The molecular formula is C12H18N2S. The number of aliphatic imine (C=N–C) groups is 1. The number of benzene rings is 1. The van der Waals surface area contributed by atoms with Crippen molar-refractivity contribution in [1.82, 2.24) is 0 Å². The summed E-state index contributed by atoms with van der Waals surface area (Å²) in [5.41, 5.74) is 2.47. The first-order valence-corrected chi connectivity index (χ1v) is 6.24. The minimum Gasteiger partial charge on any atom is -0.335 e. The summed E-state index contributed by atoms with van der Waals surface area (Å²) in [6.45, 7) is 4.28. The molecule has 0 saturated heterocycles. The topological polar surface area (TPSA) is 24.4 Å². The minimum absolute atomic E-state index is 0.974. The molecular weight excluding hydrogens is 204 g/mol. The van der Waals surface area contributed by atoms with Gasteiger partial charge in [-0.2, -0.15) is 0 Å². The molecule has 1 aromatic carbocycles. The zero-order valence-corrected chi connectivity index (χ0v) is 10.4. The molecule has 1 N–H and O–H groups in total. The monoisotopic (exact) mass is 222 g/mol. The van der Waals surface area contributed by atoms with Gasteiger partial charge in [-0.05, 0) is 29.9 Å². The number of thioether (sulfide) groups is 1. The summed E-state index contributed by atoms with van der Waals surface area (Å²) in [6.07, 6.45) is 1.08. The van der Waals surface area contributed by atoms with Crippen LogP contribution < -0.4 is 5.32 Å². The zero-order valence-electron chi connectivity index (χ0n) is 9.58. The molecule has 0 fully saturated rings. The first-order valence-electron chi connectivity index (χ1n) is 5.25. The third-order valence-corrected chi connectivity index (χ3v) is 2.94. The summed E-state index contributed by atoms with van der Waals surface area (Å²) in [5, 5.41) is 4.27. The number of nitrogens with one attached hydrogen (secondary N) is 1. The average molecular weight is 222 g/mol. The van der Waals surface area contributed by atoms with Crippen LogP contribution in [0, 0.1) is 0 Å². The van der Waals surface area contributed by atoms with Crippen LogP contribution in [0.1, 0.15) is 19.4 Å². The van der Waals surface area contributed by atoms with E-state index in [1.165, 1.54) is 5.56 Å². The number of anilines is 1. The third-order valence-electron chi connectivity index (χ3n) is 2.10. The number of amidine groups is 1. The van der Waals surface area contributed by atoms with Crippen LogP contribution >= 0.6 is 11.8 Å². The molecule has 0 saturated carbocycles. The predicted molar refractivity (Wildman–Crippen MR) is 70.9 cm³/mol. The molecule has 0 radical (unpaired) electrons. The van der Waals surface area contributed by atoms with Gasteiger partial charge in [0.2, 0.25) is 0 Å². The Labute approximate surface area is 96.2 Å². The van der Waals surface area contributed by atoms with Crippen molar-refractivity contribution < 1.29 is 0 Å². The van der Waals surface area contributed by atoms with Crippen molar-refractivity contribution in [2.75, 3.05) is 18.1 Å². The SMILES string of the molecule is CCSC(=NC)Nc1ccc(CC)cc1. The number of nitrogens with zero attached hydrogens (tertiary/aromatic N) is 1. The van der Waals surface area contributed by atoms with Gasteiger partial charge in [-0.15, -0.1) is 0 Å². The van der Waals surface area contributed by atoms with E-state index >= 15 is 0 Å². The van der Waals surface area contributed by atoms with Gasteiger partial charge in [0.25, 0.3) is 0 Å². The second-order valence-electron chi connectivity index (χ2n) is 3.14. The molecule has 15 heavy (non-hydrogen) atoms. The lowest BCUT2D eigenvalue weighted by Crippen LogP contribution is -2.07. The van der Waals surface area contributed by atoms with Crippen LogP contribution in [0.15, 0.2) is 29.3 Å². The Kier molecular flexibility index (Phi) is 5.26. The third kappa shape index (κ3) is 3.96. The quantitative estimate of drug-likeness (QED) is 0.626. The van der Waals surface area contributed by atoms with Gasteiger partial charge in [-0.25, -0.2) is 0 Å². The van der Waals surface area contributed by atoms with Gasteiger partial charge in [-0.1, -0.05) is 37.7 Å². The molecule has 1 rings (SSSR count). The van der Waals surface area contributed by atoms with Gasteiger partial charge in [0, 0.05) is 12.7 Å². The maximum Gasteiger partial charge on any atom is 0.160 e. The molecule has 0 aliphatic carbocycles. The van der Waals surface area contributed by atoms with Crippen LogP contribution in [-0.4, -0.2) is 18.0 Å². The largest absolute Gasteiger partial charge is 0.335 e. The highest BCUT2D eigenvalue weighted by atomic mass is 32.2. The maximum absolute atomic E-state index is 4.18. The number of aryl methyl sites for hydroxylation is 1. The fourth-order valence-corrected chi connectivity index (χ4v) is 1.83. The highest BCUT2D eigenvalue weighted by molar-refractivity contribution is 8.14. The number of rotatable bonds is 3. The molecule has 1 aromatic rings. The summed E-state index contributed by atoms with van der Waals surface area (Å²) in [7, 11) is 1.81. The lowest BCUT2D eigenvalue weighted by Gasteiger charge is -2.08. The van der Waals surface area contributed by atoms with E-state index in [4.69, 9.17) is 0 Å². The van der Waals surface area contributed by atoms with Crippen molar-refractivity contribution in [1.29, 1.82) is 0 Å². The standard InChI is InChI=1S/C12H18N2S/c1-4-10-6-8-11(9-7-10)14-12(13-3)15-5-2/h6-9H,4-5H2,1-3H3,(H,13,14). The van der Waals surface area contributed by atoms with Gasteiger partial charge in [0.05, 0.1) is 0 Å². The van der Waals surface area contributed by atoms with Crippen LogP contribution in [0.5, 0.6) is 0 Å². The van der Waals surface area contributed by atoms with Gasteiger partial charge in [-0.3, -0.25) is 4.99 Å². The fourth-order valence-electron chi connectivity index (χ4n) is 1.24. The van der Waals surface area contributed by atoms with Gasteiger partial charge < -0.3 is 5.32 Å². The second-order valence-corrected chi connectivity index (χ2v) is 4.39. The molecule has 0 aliphatic rings. The van der Waals surface area contributed by atoms with E-state index in [2.05, 4.69) is 48.4 Å². The van der Waals surface area contributed by atoms with Crippen LogP contribution in [0.3, 0.4) is 0 Å². The summed E-state index contributed by atoms with van der Waals surface area (Å²) in [5.74, 6) is 1.03. The summed E-state index contributed by atoms with van der Waals surface area (Å²) >= 11 is 1.72. The summed E-state index contributed by atoms with van der Waals surface area (Å²) in [6, 6.07) is 8.49. The molecule has 3 heteroatoms. The van der Waals surface area contributed by atoms with Gasteiger partial charge in [0.15, 0.2) is 5.17 Å². The van der Waals surface area contributed by atoms with Crippen molar-refractivity contribution in [3.63, 3.8) is 0 Å². The summed E-state index contributed by atoms with van der Waals surface area (Å²) < 4.78 is 0. The van der Waals surface area contributed by atoms with Crippen LogP contribution in [0.2, 0.25) is 0 Å². The van der Waals surface area contributed by atoms with Gasteiger partial charge in [0.1, 0.15) is 0 Å². The van der Waals surface area contributed by atoms with E-state index < -0.39 is 0 Å². The van der Waals surface area contributed by atoms with E-state index in [0.717, 1.165) is 23.0 Å². The highest BCUT2D eigenvalue weighted by Crippen LogP contribution is 2.13. The van der Waals surface area contributed by atoms with Crippen molar-refractivity contribution >= 4 is 22.6 Å². The van der Waals surface area contributed by atoms with Gasteiger partial charge >= 0.3 is 0 Å². The van der Waals surface area contributed by atoms with E-state index in [0.29, 0.717) is 0 Å². The first kappa shape index (κ1) is 12.1. The molecule has 0 aromatic heterocycles. The van der Waals surface area contributed by atoms with Crippen molar-refractivity contribution in [3.8, 4) is 0 Å². The highest BCUT2D eigenvalue weighted by Gasteiger charge is 1.98. The molecule has 0 spiro atoms. The molecule has 0 unspecified atom stereocenters. The molecule has 0 bridgehead atoms. The van der Waals surface area contributed by atoms with E-state index in [-0.39, 0.29) is 0 Å². The lowest BCUT2D eigenvalue weighted by atomic mass is 10.1. The van der Waals surface area contributed by atoms with E-state index in [1.807, 2.05) is 7.05 Å². The Hall–Kier alpha value is -0.960. The van der Waals surface area contributed by atoms with Crippen LogP contribution in [0.4, 0.5) is 5.69 Å². The Morgan fingerprint density at radius 3 is 2.40 bits per heavy atom. The smallest absolute Gasteiger partial charge is 0.160 e. The summed E-state index contributed by atoms with van der Waals surface area (Å²) in [4.78, 5) is 4.18. The lowest BCUT2D eigenvalue weighted by molar-refractivity contribution is 1.14. The van der Waals surface area contributed by atoms with Crippen LogP contribution in [-0.2, 0) is 6.42 Å². The Bertz CT molecular complexity index is 317. The van der Waals surface area contributed by atoms with E-state index in [1.54, 1.807) is 11.8 Å². The predicted octanol–water partition coefficient (Wildman–Crippen LogP) is 3.40. The number of hydrogen-bond donors (Lipinski definition) is 1. The molecule has 0 atom stereocenters. The van der Waals surface area contributed by atoms with E-state index in [9.17, 15) is 0 Å². The second kappa shape index (κ2) is 6.51. The Balaban J connectivity index is 2.63. The average Bonchev–Trinajstić information content (AvgIpc) is 2.29. The molecule has 0 amide bonds. The van der Waals surface area contributed by atoms with Crippen LogP contribution in [0.25, 0.3) is 0 Å². The molecule has 2 nitrogen and oxygen atoms in total. The minimum atomic E-state index is 0.974. The van der Waals surface area contributed by atoms with Crippen molar-refractivity contribution in [2.45, 2.75) is 20.3 Å². The van der Waals surface area contributed by atoms with Crippen molar-refractivity contribution in [3.05, 3.63) is 29.8 Å². The molecule has 0 heterocycles. The molecule has 0 aliphatic heterocycles. The van der Waals surface area contributed by atoms with Crippen molar-refractivity contribution in [2.24, 2.45) is 4.99 Å². The maximum atomic E-state index is 4.18.